The van der Waals surface area contributed by atoms with Crippen LogP contribution in [-0.4, -0.2) is 36.1 Å². The Morgan fingerprint density at radius 2 is 1.54 bits per heavy atom. The fraction of sp³-hybridized carbons (Fsp3) is 0.0968. The van der Waals surface area contributed by atoms with E-state index in [1.54, 1.807) is 24.3 Å². The summed E-state index contributed by atoms with van der Waals surface area (Å²) in [4.78, 5) is 46.3. The van der Waals surface area contributed by atoms with Crippen LogP contribution in [0.5, 0.6) is 0 Å². The fourth-order valence-electron chi connectivity index (χ4n) is 4.45. The van der Waals surface area contributed by atoms with Gasteiger partial charge >= 0.3 is 6.03 Å². The lowest BCUT2D eigenvalue weighted by Crippen LogP contribution is -2.50. The first-order valence-electron chi connectivity index (χ1n) is 12.4. The maximum atomic E-state index is 13.9. The van der Waals surface area contributed by atoms with Gasteiger partial charge in [0.25, 0.3) is 5.91 Å². The molecule has 0 bridgehead atoms. The number of benzodiazepines with no additional fused rings is 1. The van der Waals surface area contributed by atoms with Gasteiger partial charge in [-0.15, -0.1) is 0 Å². The molecule has 1 heterocycles. The van der Waals surface area contributed by atoms with Crippen LogP contribution in [0.25, 0.3) is 0 Å². The number of para-hydroxylation sites is 1. The van der Waals surface area contributed by atoms with Crippen LogP contribution in [0.4, 0.5) is 20.6 Å². The second kappa shape index (κ2) is 11.1. The molecule has 194 valence electrons. The number of urea groups is 1. The van der Waals surface area contributed by atoms with E-state index < -0.39 is 23.9 Å². The van der Waals surface area contributed by atoms with Gasteiger partial charge in [0.15, 0.2) is 5.78 Å². The minimum Gasteiger partial charge on any atom is -0.308 e. The molecule has 7 nitrogen and oxygen atoms in total. The molecule has 0 spiro atoms. The van der Waals surface area contributed by atoms with Gasteiger partial charge in [0.05, 0.1) is 17.9 Å². The molecular weight excluding hydrogens is 495 g/mol. The normalized spacial score (nSPS) is 14.6. The van der Waals surface area contributed by atoms with Gasteiger partial charge in [0.1, 0.15) is 5.82 Å². The molecule has 0 aromatic heterocycles. The van der Waals surface area contributed by atoms with Gasteiger partial charge in [-0.2, -0.15) is 0 Å². The highest BCUT2D eigenvalue weighted by Crippen LogP contribution is 2.29. The molecule has 0 radical (unpaired) electrons. The Labute approximate surface area is 225 Å². The zero-order valence-corrected chi connectivity index (χ0v) is 21.1. The number of carbonyl (C=O) groups excluding carboxylic acids is 3. The summed E-state index contributed by atoms with van der Waals surface area (Å²) in [6, 6.07) is 28.3. The number of carbonyl (C=O) groups is 3. The second-order valence-corrected chi connectivity index (χ2v) is 9.03. The summed E-state index contributed by atoms with van der Waals surface area (Å²) in [5.74, 6) is -1.25. The van der Waals surface area contributed by atoms with Gasteiger partial charge < -0.3 is 15.5 Å². The van der Waals surface area contributed by atoms with Crippen LogP contribution >= 0.6 is 0 Å². The maximum Gasteiger partial charge on any atom is 0.321 e. The minimum atomic E-state index is -1.34. The summed E-state index contributed by atoms with van der Waals surface area (Å²) >= 11 is 0. The molecule has 1 aliphatic heterocycles. The smallest absolute Gasteiger partial charge is 0.308 e. The van der Waals surface area contributed by atoms with Gasteiger partial charge in [0.2, 0.25) is 6.17 Å². The van der Waals surface area contributed by atoms with Gasteiger partial charge in [0, 0.05) is 22.4 Å². The van der Waals surface area contributed by atoms with Gasteiger partial charge in [-0.3, -0.25) is 9.59 Å². The van der Waals surface area contributed by atoms with Crippen LogP contribution in [-0.2, 0) is 4.79 Å². The first-order valence-corrected chi connectivity index (χ1v) is 12.4. The number of anilines is 2. The number of Topliss-reactive ketones (excluding diaryl/α,β-unsaturated/α-hetero) is 1. The van der Waals surface area contributed by atoms with Crippen molar-refractivity contribution in [2.45, 2.75) is 13.1 Å². The summed E-state index contributed by atoms with van der Waals surface area (Å²) < 4.78 is 13.3. The van der Waals surface area contributed by atoms with E-state index in [1.165, 1.54) is 29.2 Å². The number of aliphatic imine (C=N–C) groups is 1. The molecule has 0 fully saturated rings. The summed E-state index contributed by atoms with van der Waals surface area (Å²) in [5, 5.41) is 5.23. The van der Waals surface area contributed by atoms with Crippen LogP contribution < -0.4 is 15.5 Å². The molecule has 5 rings (SSSR count). The van der Waals surface area contributed by atoms with Crippen molar-refractivity contribution >= 4 is 34.8 Å². The highest BCUT2D eigenvalue weighted by atomic mass is 19.1. The predicted molar refractivity (Wildman–Crippen MR) is 149 cm³/mol. The quantitative estimate of drug-likeness (QED) is 0.336. The number of aryl methyl sites for hydroxylation is 1. The number of halogens is 1. The topological polar surface area (TPSA) is 90.9 Å². The van der Waals surface area contributed by atoms with E-state index in [9.17, 15) is 18.8 Å². The Morgan fingerprint density at radius 3 is 2.28 bits per heavy atom. The van der Waals surface area contributed by atoms with Crippen LogP contribution in [0.2, 0.25) is 0 Å². The van der Waals surface area contributed by atoms with Crippen molar-refractivity contribution in [2.75, 3.05) is 16.8 Å². The van der Waals surface area contributed by atoms with Crippen LogP contribution in [0.1, 0.15) is 27.0 Å². The van der Waals surface area contributed by atoms with Crippen LogP contribution in [0.15, 0.2) is 108 Å². The minimum absolute atomic E-state index is 0.240. The third kappa shape index (κ3) is 5.60. The van der Waals surface area contributed by atoms with Crippen molar-refractivity contribution in [3.05, 3.63) is 131 Å². The van der Waals surface area contributed by atoms with Crippen molar-refractivity contribution < 1.29 is 18.8 Å². The van der Waals surface area contributed by atoms with E-state index >= 15 is 0 Å². The number of benzene rings is 4. The molecule has 0 aliphatic carbocycles. The Balaban J connectivity index is 1.54. The molecule has 1 aliphatic rings. The number of amides is 3. The fourth-order valence-corrected chi connectivity index (χ4v) is 4.45. The van der Waals surface area contributed by atoms with E-state index in [0.29, 0.717) is 28.2 Å². The molecular formula is C31H25FN4O3. The lowest BCUT2D eigenvalue weighted by molar-refractivity contribution is -0.120. The van der Waals surface area contributed by atoms with Crippen molar-refractivity contribution in [3.8, 4) is 0 Å². The summed E-state index contributed by atoms with van der Waals surface area (Å²) in [5.41, 5.74) is 4.06. The SMILES string of the molecule is Cc1ccccc1C(=O)CN1C(=O)[C@@H](NC(=O)Nc2ccc(F)cc2)N=C(c2ccccc2)c2ccccc21. The first-order chi connectivity index (χ1) is 18.9. The molecule has 8 heteroatoms. The number of rotatable bonds is 6. The van der Waals surface area contributed by atoms with Crippen molar-refractivity contribution in [3.63, 3.8) is 0 Å². The summed E-state index contributed by atoms with van der Waals surface area (Å²) in [7, 11) is 0. The van der Waals surface area contributed by atoms with E-state index in [-0.39, 0.29) is 12.3 Å². The number of nitrogens with one attached hydrogen (secondary N) is 2. The lowest BCUT2D eigenvalue weighted by atomic mass is 9.99. The molecule has 39 heavy (non-hydrogen) atoms. The number of ketones is 1. The van der Waals surface area contributed by atoms with Crippen molar-refractivity contribution in [1.82, 2.24) is 5.32 Å². The van der Waals surface area contributed by atoms with E-state index in [1.807, 2.05) is 61.5 Å². The third-order valence-electron chi connectivity index (χ3n) is 6.37. The van der Waals surface area contributed by atoms with Gasteiger partial charge in [-0.1, -0.05) is 72.8 Å². The number of hydrogen-bond donors (Lipinski definition) is 2. The highest BCUT2D eigenvalue weighted by Gasteiger charge is 2.34. The highest BCUT2D eigenvalue weighted by molar-refractivity contribution is 6.21. The largest absolute Gasteiger partial charge is 0.321 e. The Bertz CT molecular complexity index is 1570. The predicted octanol–water partition coefficient (Wildman–Crippen LogP) is 5.35. The molecule has 4 aromatic carbocycles. The molecule has 1 atom stereocenters. The zero-order chi connectivity index (χ0) is 27.4. The summed E-state index contributed by atoms with van der Waals surface area (Å²) in [6.45, 7) is 1.60. The number of fused-ring (bicyclic) bond motifs is 1. The molecule has 4 aromatic rings. The molecule has 3 amide bonds. The number of hydrogen-bond acceptors (Lipinski definition) is 4. The number of nitrogens with zero attached hydrogens (tertiary/aromatic N) is 2. The maximum absolute atomic E-state index is 13.9. The molecule has 2 N–H and O–H groups in total. The Hall–Kier alpha value is -5.11. The summed E-state index contributed by atoms with van der Waals surface area (Å²) in [6.07, 6.45) is -1.34. The van der Waals surface area contributed by atoms with Crippen LogP contribution in [0, 0.1) is 12.7 Å². The van der Waals surface area contributed by atoms with Gasteiger partial charge in [-0.05, 0) is 42.8 Å². The average Bonchev–Trinajstić information content (AvgIpc) is 3.05. The Kier molecular flexibility index (Phi) is 7.27. The zero-order valence-electron chi connectivity index (χ0n) is 21.1. The van der Waals surface area contributed by atoms with Crippen molar-refractivity contribution in [2.24, 2.45) is 4.99 Å². The monoisotopic (exact) mass is 520 g/mol. The van der Waals surface area contributed by atoms with E-state index in [0.717, 1.165) is 11.1 Å². The molecule has 0 saturated carbocycles. The lowest BCUT2D eigenvalue weighted by Gasteiger charge is -2.25. The van der Waals surface area contributed by atoms with E-state index in [2.05, 4.69) is 10.6 Å². The van der Waals surface area contributed by atoms with E-state index in [4.69, 9.17) is 4.99 Å². The standard InChI is InChI=1S/C31H25FN4O3/c1-20-9-5-6-12-24(20)27(37)19-36-26-14-8-7-13-25(26)28(21-10-3-2-4-11-21)34-29(30(36)38)35-31(39)33-23-17-15-22(32)16-18-23/h2-18,29H,19H2,1H3,(H2,33,35,39)/t29-/m1/s1. The second-order valence-electron chi connectivity index (χ2n) is 9.03. The van der Waals surface area contributed by atoms with Gasteiger partial charge in [-0.25, -0.2) is 14.2 Å². The molecule has 0 saturated heterocycles. The van der Waals surface area contributed by atoms with Crippen LogP contribution in [0.3, 0.4) is 0 Å². The first kappa shape index (κ1) is 25.5. The molecule has 0 unspecified atom stereocenters. The average molecular weight is 521 g/mol. The van der Waals surface area contributed by atoms with Crippen molar-refractivity contribution in [1.29, 1.82) is 0 Å². The third-order valence-corrected chi connectivity index (χ3v) is 6.37. The Morgan fingerprint density at radius 1 is 0.872 bits per heavy atom.